The molecule has 4 nitrogen and oxygen atoms in total. The summed E-state index contributed by atoms with van der Waals surface area (Å²) in [7, 11) is -3.75. The molecule has 8 heteroatoms. The van der Waals surface area contributed by atoms with Crippen molar-refractivity contribution < 1.29 is 8.42 Å². The third kappa shape index (κ3) is 3.98. The number of nitrogens with two attached hydrogens (primary N) is 1. The molecule has 3 N–H and O–H groups in total. The highest BCUT2D eigenvalue weighted by Crippen LogP contribution is 2.31. The lowest BCUT2D eigenvalue weighted by Crippen LogP contribution is -2.24. The van der Waals surface area contributed by atoms with Gasteiger partial charge in [0.15, 0.2) is 0 Å². The first-order valence-electron chi connectivity index (χ1n) is 5.79. The van der Waals surface area contributed by atoms with Gasteiger partial charge in [-0.25, -0.2) is 13.1 Å². The van der Waals surface area contributed by atoms with Gasteiger partial charge in [0.05, 0.1) is 5.69 Å². The predicted molar refractivity (Wildman–Crippen MR) is 91.7 cm³/mol. The molecule has 0 unspecified atom stereocenters. The molecule has 0 aromatic heterocycles. The molecule has 0 amide bonds. The molecule has 0 fully saturated rings. The van der Waals surface area contributed by atoms with Crippen molar-refractivity contribution in [3.05, 3.63) is 55.9 Å². The fraction of sp³-hybridized carbons (Fsp3) is 0.0769. The van der Waals surface area contributed by atoms with Gasteiger partial charge in [0.1, 0.15) is 4.90 Å². The first-order chi connectivity index (χ1) is 9.81. The number of nitrogens with one attached hydrogen (secondary N) is 1. The molecule has 0 saturated carbocycles. The van der Waals surface area contributed by atoms with E-state index in [1.54, 1.807) is 30.3 Å². The van der Waals surface area contributed by atoms with Crippen molar-refractivity contribution in [2.45, 2.75) is 11.4 Å². The van der Waals surface area contributed by atoms with E-state index in [1.807, 2.05) is 0 Å². The molecule has 0 atom stereocenters. The Morgan fingerprint density at radius 1 is 1.19 bits per heavy atom. The predicted octanol–water partition coefficient (Wildman–Crippen LogP) is 3.93. The molecule has 0 bridgehead atoms. The summed E-state index contributed by atoms with van der Waals surface area (Å²) >= 11 is 12.5. The molecule has 112 valence electrons. The number of halogens is 3. The quantitative estimate of drug-likeness (QED) is 0.688. The van der Waals surface area contributed by atoms with E-state index in [-0.39, 0.29) is 17.1 Å². The number of anilines is 1. The van der Waals surface area contributed by atoms with Gasteiger partial charge in [0.2, 0.25) is 10.0 Å². The molecule has 0 aliphatic carbocycles. The van der Waals surface area contributed by atoms with Crippen LogP contribution in [-0.2, 0) is 16.6 Å². The fourth-order valence-electron chi connectivity index (χ4n) is 1.75. The molecule has 2 aromatic rings. The second-order valence-corrected chi connectivity index (χ2v) is 8.10. The normalized spacial score (nSPS) is 11.6. The van der Waals surface area contributed by atoms with Crippen molar-refractivity contribution >= 4 is 59.2 Å². The smallest absolute Gasteiger partial charge is 0.244 e. The Kier molecular flexibility index (Phi) is 5.32. The number of nitrogen functional groups attached to an aromatic ring is 1. The fourth-order valence-corrected chi connectivity index (χ4v) is 5.03. The molecular weight excluding hydrogens is 443 g/mol. The van der Waals surface area contributed by atoms with Crippen LogP contribution in [0.25, 0.3) is 0 Å². The Bertz CT molecular complexity index is 758. The highest BCUT2D eigenvalue weighted by atomic mass is 79.9. The third-order valence-corrected chi connectivity index (χ3v) is 5.95. The van der Waals surface area contributed by atoms with Crippen molar-refractivity contribution in [1.82, 2.24) is 4.72 Å². The highest BCUT2D eigenvalue weighted by Gasteiger charge is 2.21. The van der Waals surface area contributed by atoms with Crippen molar-refractivity contribution in [1.29, 1.82) is 0 Å². The third-order valence-electron chi connectivity index (χ3n) is 2.72. The van der Waals surface area contributed by atoms with Crippen molar-refractivity contribution in [2.75, 3.05) is 5.73 Å². The van der Waals surface area contributed by atoms with Crippen LogP contribution in [-0.4, -0.2) is 8.42 Å². The largest absolute Gasteiger partial charge is 0.398 e. The lowest BCUT2D eigenvalue weighted by Gasteiger charge is -2.12. The van der Waals surface area contributed by atoms with E-state index >= 15 is 0 Å². The minimum Gasteiger partial charge on any atom is -0.398 e. The van der Waals surface area contributed by atoms with Crippen LogP contribution in [0.3, 0.4) is 0 Å². The number of hydrogen-bond acceptors (Lipinski definition) is 3. The summed E-state index contributed by atoms with van der Waals surface area (Å²) in [4.78, 5) is 0.0118. The zero-order chi connectivity index (χ0) is 15.6. The Hall–Kier alpha value is -0.600. The summed E-state index contributed by atoms with van der Waals surface area (Å²) in [5.41, 5.74) is 6.65. The molecule has 0 aliphatic heterocycles. The maximum absolute atomic E-state index is 12.4. The van der Waals surface area contributed by atoms with E-state index in [4.69, 9.17) is 17.3 Å². The van der Waals surface area contributed by atoms with Crippen LogP contribution in [0.1, 0.15) is 5.56 Å². The van der Waals surface area contributed by atoms with Gasteiger partial charge in [-0.2, -0.15) is 0 Å². The van der Waals surface area contributed by atoms with Crippen LogP contribution in [0.5, 0.6) is 0 Å². The van der Waals surface area contributed by atoms with E-state index in [1.165, 1.54) is 6.07 Å². The summed E-state index contributed by atoms with van der Waals surface area (Å²) in [6.45, 7) is 0.0873. The van der Waals surface area contributed by atoms with Crippen LogP contribution < -0.4 is 10.5 Å². The summed E-state index contributed by atoms with van der Waals surface area (Å²) in [5.74, 6) is 0. The van der Waals surface area contributed by atoms with Gasteiger partial charge in [0, 0.05) is 20.5 Å². The molecule has 0 heterocycles. The Balaban J connectivity index is 2.30. The van der Waals surface area contributed by atoms with Gasteiger partial charge in [-0.05, 0) is 39.7 Å². The van der Waals surface area contributed by atoms with Crippen LogP contribution >= 0.6 is 43.5 Å². The van der Waals surface area contributed by atoms with Crippen molar-refractivity contribution in [2.24, 2.45) is 0 Å². The van der Waals surface area contributed by atoms with Crippen LogP contribution in [0.2, 0.25) is 5.02 Å². The van der Waals surface area contributed by atoms with Gasteiger partial charge in [-0.3, -0.25) is 0 Å². The maximum atomic E-state index is 12.4. The summed E-state index contributed by atoms with van der Waals surface area (Å²) in [6.07, 6.45) is 0. The lowest BCUT2D eigenvalue weighted by molar-refractivity contribution is 0.581. The Morgan fingerprint density at radius 2 is 1.86 bits per heavy atom. The second-order valence-electron chi connectivity index (χ2n) is 4.22. The lowest BCUT2D eigenvalue weighted by atomic mass is 10.2. The molecule has 2 rings (SSSR count). The highest BCUT2D eigenvalue weighted by molar-refractivity contribution is 9.11. The number of rotatable bonds is 4. The zero-order valence-electron chi connectivity index (χ0n) is 10.6. The standard InChI is InChI=1S/C13H11Br2ClN2O2S/c14-9-5-10(15)13(12(17)6-9)21(19,20)18-7-8-3-1-2-4-11(8)16/h1-6,18H,7,17H2. The van der Waals surface area contributed by atoms with Crippen molar-refractivity contribution in [3.63, 3.8) is 0 Å². The summed E-state index contributed by atoms with van der Waals surface area (Å²) < 4.78 is 28.4. The number of benzene rings is 2. The minimum absolute atomic E-state index is 0.0118. The summed E-state index contributed by atoms with van der Waals surface area (Å²) in [6, 6.07) is 10.2. The van der Waals surface area contributed by atoms with E-state index in [0.29, 0.717) is 19.5 Å². The average molecular weight is 455 g/mol. The summed E-state index contributed by atoms with van der Waals surface area (Å²) in [5, 5.41) is 0.503. The molecule has 0 saturated heterocycles. The molecule has 0 spiro atoms. The molecule has 21 heavy (non-hydrogen) atoms. The van der Waals surface area contributed by atoms with Gasteiger partial charge in [0.25, 0.3) is 0 Å². The number of sulfonamides is 1. The van der Waals surface area contributed by atoms with Gasteiger partial charge < -0.3 is 5.73 Å². The number of hydrogen-bond donors (Lipinski definition) is 2. The van der Waals surface area contributed by atoms with E-state index in [0.717, 1.165) is 0 Å². The molecular formula is C13H11Br2ClN2O2S. The maximum Gasteiger partial charge on any atom is 0.244 e. The van der Waals surface area contributed by atoms with E-state index in [2.05, 4.69) is 36.6 Å². The van der Waals surface area contributed by atoms with Gasteiger partial charge >= 0.3 is 0 Å². The van der Waals surface area contributed by atoms with Crippen LogP contribution in [0.4, 0.5) is 5.69 Å². The SMILES string of the molecule is Nc1cc(Br)cc(Br)c1S(=O)(=O)NCc1ccccc1Cl. The van der Waals surface area contributed by atoms with Crippen LogP contribution in [0.15, 0.2) is 50.2 Å². The van der Waals surface area contributed by atoms with Crippen LogP contribution in [0, 0.1) is 0 Å². The monoisotopic (exact) mass is 452 g/mol. The van der Waals surface area contributed by atoms with Gasteiger partial charge in [-0.15, -0.1) is 0 Å². The molecule has 2 aromatic carbocycles. The molecule has 0 radical (unpaired) electrons. The topological polar surface area (TPSA) is 72.2 Å². The first-order valence-corrected chi connectivity index (χ1v) is 9.23. The van der Waals surface area contributed by atoms with Gasteiger partial charge in [-0.1, -0.05) is 45.7 Å². The Morgan fingerprint density at radius 3 is 2.48 bits per heavy atom. The first kappa shape index (κ1) is 16.8. The molecule has 0 aliphatic rings. The second kappa shape index (κ2) is 6.66. The Labute approximate surface area is 145 Å². The van der Waals surface area contributed by atoms with Crippen molar-refractivity contribution in [3.8, 4) is 0 Å². The average Bonchev–Trinajstić information content (AvgIpc) is 2.36. The minimum atomic E-state index is -3.75. The van der Waals surface area contributed by atoms with E-state index < -0.39 is 10.0 Å². The zero-order valence-corrected chi connectivity index (χ0v) is 15.4. The van der Waals surface area contributed by atoms with E-state index in [9.17, 15) is 8.42 Å².